The lowest BCUT2D eigenvalue weighted by atomic mass is 10.3. The monoisotopic (exact) mass is 484 g/mol. The number of aromatic nitrogens is 4. The average Bonchev–Trinajstić information content (AvgIpc) is 3.38. The quantitative estimate of drug-likeness (QED) is 0.343. The van der Waals surface area contributed by atoms with E-state index in [1.165, 1.54) is 0 Å². The van der Waals surface area contributed by atoms with Crippen LogP contribution in [0, 0.1) is 0 Å². The minimum absolute atomic E-state index is 0.430. The summed E-state index contributed by atoms with van der Waals surface area (Å²) in [6.07, 6.45) is 4.77. The molecule has 14 heteroatoms. The van der Waals surface area contributed by atoms with Gasteiger partial charge in [0.1, 0.15) is 5.52 Å². The number of nitrogens with one attached hydrogen (secondary N) is 1. The molecule has 4 heterocycles. The Balaban J connectivity index is 0.000000301. The number of imidazole rings is 1. The van der Waals surface area contributed by atoms with Crippen molar-refractivity contribution < 1.29 is 39.6 Å². The maximum absolute atomic E-state index is 8.93. The number of fused-ring (bicyclic) bond motifs is 1. The van der Waals surface area contributed by atoms with E-state index in [0.29, 0.717) is 12.6 Å². The topological polar surface area (TPSA) is 219 Å². The Hall–Kier alpha value is -4.59. The van der Waals surface area contributed by atoms with E-state index in [9.17, 15) is 0 Å². The first kappa shape index (κ1) is 26.7. The lowest BCUT2D eigenvalue weighted by molar-refractivity contribution is -0.345. The minimum atomic E-state index is -2.19. The number of anilines is 1. The fraction of sp³-hybridized carbons (Fsp3) is 0.286. The van der Waals surface area contributed by atoms with Gasteiger partial charge in [-0.1, -0.05) is 6.07 Å². The minimum Gasteiger partial charge on any atom is -0.543 e. The Morgan fingerprint density at radius 3 is 2.09 bits per heavy atom. The number of nitrogens with zero attached hydrogens (tertiary/aromatic N) is 5. The maximum Gasteiger partial charge on any atom is 0.205 e. The highest BCUT2D eigenvalue weighted by molar-refractivity contribution is 6.25. The molecular weight excluding hydrogens is 464 g/mol. The van der Waals surface area contributed by atoms with E-state index in [2.05, 4.69) is 31.8 Å². The molecule has 3 aromatic heterocycles. The summed E-state index contributed by atoms with van der Waals surface area (Å²) >= 11 is 0. The van der Waals surface area contributed by atoms with Gasteiger partial charge in [0, 0.05) is 25.0 Å². The van der Waals surface area contributed by atoms with Crippen LogP contribution in [0.5, 0.6) is 0 Å². The van der Waals surface area contributed by atoms with Gasteiger partial charge in [0.25, 0.3) is 0 Å². The molecule has 1 atom stereocenters. The van der Waals surface area contributed by atoms with E-state index in [4.69, 9.17) is 44.6 Å². The number of pyridine rings is 2. The van der Waals surface area contributed by atoms with Crippen LogP contribution in [-0.2, 0) is 25.7 Å². The second kappa shape index (κ2) is 12.6. The molecule has 4 rings (SSSR count). The number of hydrogen-bond acceptors (Lipinski definition) is 13. The molecule has 35 heavy (non-hydrogen) atoms. The number of carboxylic acid groups (broad SMARTS) is 4. The molecule has 0 amide bonds. The molecule has 1 aliphatic rings. The zero-order chi connectivity index (χ0) is 26.0. The number of carbonyl (C=O) groups is 4. The van der Waals surface area contributed by atoms with E-state index >= 15 is 0 Å². The van der Waals surface area contributed by atoms with Crippen molar-refractivity contribution in [3.63, 3.8) is 0 Å². The van der Waals surface area contributed by atoms with Crippen LogP contribution in [-0.4, -0.2) is 74.5 Å². The zero-order valence-corrected chi connectivity index (χ0v) is 18.4. The lowest BCUT2D eigenvalue weighted by Crippen LogP contribution is -2.42. The number of likely N-dealkylation sites (tertiary alicyclic amines) is 1. The molecule has 1 saturated heterocycles. The van der Waals surface area contributed by atoms with E-state index in [1.807, 2.05) is 42.7 Å². The van der Waals surface area contributed by atoms with Crippen molar-refractivity contribution in [1.29, 1.82) is 0 Å². The van der Waals surface area contributed by atoms with Gasteiger partial charge in [-0.2, -0.15) is 0 Å². The number of carbonyl (C=O) groups excluding carboxylic acids is 4. The summed E-state index contributed by atoms with van der Waals surface area (Å²) in [6, 6.07) is 10.3. The van der Waals surface area contributed by atoms with Gasteiger partial charge in [-0.05, 0) is 44.3 Å². The van der Waals surface area contributed by atoms with Gasteiger partial charge in [-0.25, -0.2) is 9.97 Å². The summed E-state index contributed by atoms with van der Waals surface area (Å²) in [7, 11) is 2.15. The normalized spacial score (nSPS) is 14.7. The predicted molar refractivity (Wildman–Crippen MR) is 110 cm³/mol. The van der Waals surface area contributed by atoms with Gasteiger partial charge >= 0.3 is 0 Å². The molecule has 3 aromatic rings. The molecular formula is C21H20N6O8-4. The predicted octanol–water partition coefficient (Wildman–Crippen LogP) is -5.04. The van der Waals surface area contributed by atoms with Crippen molar-refractivity contribution in [1.82, 2.24) is 24.4 Å². The highest BCUT2D eigenvalue weighted by Gasteiger charge is 2.22. The number of hydrogen-bond donors (Lipinski definition) is 1. The van der Waals surface area contributed by atoms with E-state index in [1.54, 1.807) is 0 Å². The van der Waals surface area contributed by atoms with Crippen LogP contribution in [0.15, 0.2) is 42.7 Å². The van der Waals surface area contributed by atoms with Gasteiger partial charge in [0.2, 0.25) is 5.95 Å². The van der Waals surface area contributed by atoms with Crippen molar-refractivity contribution >= 4 is 41.0 Å². The fourth-order valence-electron chi connectivity index (χ4n) is 3.11. The number of aliphatic carboxylic acids is 4. The third-order valence-corrected chi connectivity index (χ3v) is 4.61. The molecule has 0 radical (unpaired) electrons. The Morgan fingerprint density at radius 2 is 1.57 bits per heavy atom. The first-order valence-electron chi connectivity index (χ1n) is 10.1. The van der Waals surface area contributed by atoms with E-state index in [-0.39, 0.29) is 0 Å². The number of carboxylic acids is 4. The molecule has 0 saturated carbocycles. The summed E-state index contributed by atoms with van der Waals surface area (Å²) in [5.41, 5.74) is 2.81. The largest absolute Gasteiger partial charge is 0.543 e. The number of likely N-dealkylation sites (N-methyl/N-ethyl adjacent to an activating group) is 1. The summed E-state index contributed by atoms with van der Waals surface area (Å²) in [4.78, 5) is 51.7. The maximum atomic E-state index is 8.93. The van der Waals surface area contributed by atoms with Gasteiger partial charge in [-0.3, -0.25) is 9.55 Å². The molecule has 0 aliphatic carbocycles. The third kappa shape index (κ3) is 8.36. The fourth-order valence-corrected chi connectivity index (χ4v) is 3.11. The van der Waals surface area contributed by atoms with Gasteiger partial charge in [0.05, 0.1) is 36.1 Å². The van der Waals surface area contributed by atoms with Gasteiger partial charge in [-0.15, -0.1) is 0 Å². The molecule has 1 fully saturated rings. The SMILES string of the molecule is CN1CCC(Nc2nc3cccnc3n2Cc2ccccn2)C1.O=C([O-])C(=O)[O-].O=C([O-])C(=O)[O-]. The van der Waals surface area contributed by atoms with Crippen molar-refractivity contribution in [2.24, 2.45) is 0 Å². The van der Waals surface area contributed by atoms with Crippen LogP contribution >= 0.6 is 0 Å². The Morgan fingerprint density at radius 1 is 0.943 bits per heavy atom. The molecule has 1 aliphatic heterocycles. The number of rotatable bonds is 4. The Labute approximate surface area is 198 Å². The van der Waals surface area contributed by atoms with Gasteiger partial charge < -0.3 is 49.8 Å². The Kier molecular flexibility index (Phi) is 9.60. The van der Waals surface area contributed by atoms with Crippen LogP contribution in [0.25, 0.3) is 11.2 Å². The smallest absolute Gasteiger partial charge is 0.205 e. The molecule has 14 nitrogen and oxygen atoms in total. The summed E-state index contributed by atoms with van der Waals surface area (Å²) in [5, 5.41) is 39.3. The summed E-state index contributed by atoms with van der Waals surface area (Å²) in [6.45, 7) is 2.83. The van der Waals surface area contributed by atoms with Crippen LogP contribution < -0.4 is 25.7 Å². The average molecular weight is 484 g/mol. The highest BCUT2D eigenvalue weighted by Crippen LogP contribution is 2.21. The Bertz CT molecular complexity index is 1140. The molecule has 186 valence electrons. The van der Waals surface area contributed by atoms with Crippen molar-refractivity contribution in [3.05, 3.63) is 48.4 Å². The molecule has 0 spiro atoms. The van der Waals surface area contributed by atoms with Crippen molar-refractivity contribution in [2.75, 3.05) is 25.5 Å². The molecule has 0 aromatic carbocycles. The lowest BCUT2D eigenvalue weighted by Gasteiger charge is -2.15. The van der Waals surface area contributed by atoms with E-state index in [0.717, 1.165) is 42.3 Å². The first-order valence-corrected chi connectivity index (χ1v) is 10.1. The van der Waals surface area contributed by atoms with Crippen molar-refractivity contribution in [3.8, 4) is 0 Å². The van der Waals surface area contributed by atoms with Crippen LogP contribution in [0.3, 0.4) is 0 Å². The molecule has 1 N–H and O–H groups in total. The van der Waals surface area contributed by atoms with Crippen LogP contribution in [0.2, 0.25) is 0 Å². The summed E-state index contributed by atoms with van der Waals surface area (Å²) in [5.74, 6) is -7.86. The highest BCUT2D eigenvalue weighted by atomic mass is 16.4. The second-order valence-electron chi connectivity index (χ2n) is 7.23. The van der Waals surface area contributed by atoms with Gasteiger partial charge in [0.15, 0.2) is 5.65 Å². The van der Waals surface area contributed by atoms with Crippen LogP contribution in [0.1, 0.15) is 12.1 Å². The van der Waals surface area contributed by atoms with Crippen molar-refractivity contribution in [2.45, 2.75) is 19.0 Å². The van der Waals surface area contributed by atoms with Crippen LogP contribution in [0.4, 0.5) is 5.95 Å². The second-order valence-corrected chi connectivity index (χ2v) is 7.23. The van der Waals surface area contributed by atoms with E-state index < -0.39 is 23.9 Å². The third-order valence-electron chi connectivity index (χ3n) is 4.61. The molecule has 1 unspecified atom stereocenters. The first-order chi connectivity index (χ1) is 16.6. The summed E-state index contributed by atoms with van der Waals surface area (Å²) < 4.78 is 2.12. The zero-order valence-electron chi connectivity index (χ0n) is 18.4. The molecule has 0 bridgehead atoms. The standard InChI is InChI=1S/C17H20N6.2C2H2O4/c1-22-10-7-14(11-22)20-17-21-15-6-4-9-19-16(15)23(17)12-13-5-2-3-8-18-13;2*3-1(4)2(5)6/h2-6,8-9,14H,7,10-12H2,1H3,(H,20,21);2*(H,3,4)(H,5,6)/p-4.